The summed E-state index contributed by atoms with van der Waals surface area (Å²) >= 11 is 0. The molecule has 114 valence electrons. The Morgan fingerprint density at radius 2 is 2.14 bits per heavy atom. The number of para-hydroxylation sites is 1. The normalized spacial score (nSPS) is 14.5. The van der Waals surface area contributed by atoms with Crippen LogP contribution in [0, 0.1) is 0 Å². The molecule has 0 saturated carbocycles. The Balaban J connectivity index is 2.01. The molecule has 0 saturated heterocycles. The van der Waals surface area contributed by atoms with E-state index in [1.165, 1.54) is 0 Å². The topological polar surface area (TPSA) is 75.6 Å². The van der Waals surface area contributed by atoms with E-state index in [0.717, 1.165) is 17.7 Å². The summed E-state index contributed by atoms with van der Waals surface area (Å²) < 4.78 is 4.92. The van der Waals surface area contributed by atoms with Gasteiger partial charge in [0.15, 0.2) is 6.10 Å². The number of hydrogen-bond acceptors (Lipinski definition) is 6. The molecule has 22 heavy (non-hydrogen) atoms. The zero-order valence-corrected chi connectivity index (χ0v) is 12.3. The molecule has 0 aliphatic carbocycles. The predicted molar refractivity (Wildman–Crippen MR) is 80.8 cm³/mol. The monoisotopic (exact) mass is 299 g/mol. The fraction of sp³-hybridized carbons (Fsp3) is 0.312. The highest BCUT2D eigenvalue weighted by Gasteiger charge is 2.30. The summed E-state index contributed by atoms with van der Waals surface area (Å²) in [4.78, 5) is 22.3. The molecule has 1 aromatic heterocycles. The van der Waals surface area contributed by atoms with E-state index in [1.807, 2.05) is 17.0 Å². The van der Waals surface area contributed by atoms with Gasteiger partial charge in [0.05, 0.1) is 12.3 Å². The fourth-order valence-electron chi connectivity index (χ4n) is 2.69. The van der Waals surface area contributed by atoms with Crippen molar-refractivity contribution in [3.63, 3.8) is 0 Å². The third kappa shape index (κ3) is 2.53. The van der Waals surface area contributed by atoms with Crippen LogP contribution in [0.2, 0.25) is 0 Å². The number of carbonyl (C=O) groups is 1. The minimum absolute atomic E-state index is 0.233. The second kappa shape index (κ2) is 6.11. The Morgan fingerprint density at radius 1 is 1.36 bits per heavy atom. The summed E-state index contributed by atoms with van der Waals surface area (Å²) in [5.74, 6) is -0.0820. The Morgan fingerprint density at radius 3 is 2.86 bits per heavy atom. The molecule has 6 nitrogen and oxygen atoms in total. The van der Waals surface area contributed by atoms with Crippen LogP contribution < -0.4 is 4.90 Å². The Hall–Kier alpha value is -2.47. The average molecular weight is 299 g/mol. The van der Waals surface area contributed by atoms with E-state index in [-0.39, 0.29) is 6.61 Å². The largest absolute Gasteiger partial charge is 0.464 e. The Labute approximate surface area is 128 Å². The summed E-state index contributed by atoms with van der Waals surface area (Å²) in [7, 11) is 0. The van der Waals surface area contributed by atoms with Crippen molar-refractivity contribution in [2.24, 2.45) is 0 Å². The molecule has 1 aliphatic rings. The lowest BCUT2D eigenvalue weighted by molar-refractivity contribution is -0.153. The predicted octanol–water partition coefficient (Wildman–Crippen LogP) is 1.77. The molecule has 3 rings (SSSR count). The molecule has 2 aromatic rings. The number of nitrogens with zero attached hydrogens (tertiary/aromatic N) is 3. The van der Waals surface area contributed by atoms with Gasteiger partial charge in [-0.3, -0.25) is 0 Å². The van der Waals surface area contributed by atoms with Crippen molar-refractivity contribution < 1.29 is 14.6 Å². The molecule has 0 spiro atoms. The van der Waals surface area contributed by atoms with Crippen molar-refractivity contribution in [3.05, 3.63) is 47.8 Å². The number of rotatable bonds is 4. The number of hydrogen-bond donors (Lipinski definition) is 1. The minimum Gasteiger partial charge on any atom is -0.464 e. The molecule has 1 atom stereocenters. The number of ether oxygens (including phenoxy) is 1. The van der Waals surface area contributed by atoms with Crippen LogP contribution in [0.3, 0.4) is 0 Å². The highest BCUT2D eigenvalue weighted by atomic mass is 16.5. The van der Waals surface area contributed by atoms with E-state index in [0.29, 0.717) is 18.1 Å². The number of aliphatic hydroxyl groups excluding tert-OH is 1. The SMILES string of the molecule is CCOC(=O)C(O)c1cccc2c1N(c1ncccn1)CC2. The number of aromatic nitrogens is 2. The first-order valence-electron chi connectivity index (χ1n) is 7.23. The lowest BCUT2D eigenvalue weighted by Crippen LogP contribution is -2.21. The molecule has 0 amide bonds. The third-order valence-corrected chi connectivity index (χ3v) is 3.62. The molecule has 1 aliphatic heterocycles. The standard InChI is InChI=1S/C16H17N3O3/c1-2-22-15(21)14(20)12-6-3-5-11-7-10-19(13(11)12)16-17-8-4-9-18-16/h3-6,8-9,14,20H,2,7,10H2,1H3. The number of esters is 1. The Kier molecular flexibility index (Phi) is 4.02. The molecule has 0 bridgehead atoms. The maximum atomic E-state index is 11.9. The first-order valence-corrected chi connectivity index (χ1v) is 7.23. The van der Waals surface area contributed by atoms with Crippen molar-refractivity contribution in [1.82, 2.24) is 9.97 Å². The molecular formula is C16H17N3O3. The third-order valence-electron chi connectivity index (χ3n) is 3.62. The van der Waals surface area contributed by atoms with Gasteiger partial charge in [0.2, 0.25) is 5.95 Å². The zero-order valence-electron chi connectivity index (χ0n) is 12.3. The fourth-order valence-corrected chi connectivity index (χ4v) is 2.69. The van der Waals surface area contributed by atoms with Crippen molar-refractivity contribution in [2.75, 3.05) is 18.1 Å². The van der Waals surface area contributed by atoms with Gasteiger partial charge in [0.1, 0.15) is 0 Å². The van der Waals surface area contributed by atoms with Gasteiger partial charge >= 0.3 is 5.97 Å². The lowest BCUT2D eigenvalue weighted by Gasteiger charge is -2.21. The summed E-state index contributed by atoms with van der Waals surface area (Å²) in [6.07, 6.45) is 2.85. The van der Waals surface area contributed by atoms with Crippen molar-refractivity contribution in [1.29, 1.82) is 0 Å². The van der Waals surface area contributed by atoms with Crippen LogP contribution in [0.4, 0.5) is 11.6 Å². The second-order valence-corrected chi connectivity index (χ2v) is 4.96. The van der Waals surface area contributed by atoms with E-state index in [4.69, 9.17) is 4.74 Å². The van der Waals surface area contributed by atoms with Crippen molar-refractivity contribution >= 4 is 17.6 Å². The first-order chi connectivity index (χ1) is 10.7. The van der Waals surface area contributed by atoms with Gasteiger partial charge < -0.3 is 14.7 Å². The molecule has 0 radical (unpaired) electrons. The van der Waals surface area contributed by atoms with Gasteiger partial charge in [-0.25, -0.2) is 14.8 Å². The zero-order chi connectivity index (χ0) is 15.5. The first kappa shape index (κ1) is 14.5. The van der Waals surface area contributed by atoms with Gasteiger partial charge in [-0.1, -0.05) is 18.2 Å². The van der Waals surface area contributed by atoms with Crippen LogP contribution in [-0.2, 0) is 16.0 Å². The van der Waals surface area contributed by atoms with E-state index < -0.39 is 12.1 Å². The lowest BCUT2D eigenvalue weighted by atomic mass is 10.0. The van der Waals surface area contributed by atoms with Gasteiger partial charge in [-0.15, -0.1) is 0 Å². The molecule has 1 unspecified atom stereocenters. The van der Waals surface area contributed by atoms with Crippen molar-refractivity contribution in [2.45, 2.75) is 19.4 Å². The summed E-state index contributed by atoms with van der Waals surface area (Å²) in [5, 5.41) is 10.3. The molecule has 2 heterocycles. The quantitative estimate of drug-likeness (QED) is 0.867. The number of benzene rings is 1. The summed E-state index contributed by atoms with van der Waals surface area (Å²) in [6, 6.07) is 7.31. The Bertz CT molecular complexity index is 676. The van der Waals surface area contributed by atoms with Gasteiger partial charge in [-0.05, 0) is 25.0 Å². The van der Waals surface area contributed by atoms with E-state index in [9.17, 15) is 9.90 Å². The second-order valence-electron chi connectivity index (χ2n) is 4.96. The number of aliphatic hydroxyl groups is 1. The number of carbonyl (C=O) groups excluding carboxylic acids is 1. The average Bonchev–Trinajstić information content (AvgIpc) is 2.99. The van der Waals surface area contributed by atoms with Crippen molar-refractivity contribution in [3.8, 4) is 0 Å². The van der Waals surface area contributed by atoms with Crippen LogP contribution in [0.5, 0.6) is 0 Å². The highest BCUT2D eigenvalue weighted by molar-refractivity contribution is 5.81. The molecule has 0 fully saturated rings. The molecule has 1 aromatic carbocycles. The van der Waals surface area contributed by atoms with Crippen LogP contribution in [-0.4, -0.2) is 34.2 Å². The van der Waals surface area contributed by atoms with Gasteiger partial charge in [0, 0.05) is 24.5 Å². The van der Waals surface area contributed by atoms with Gasteiger partial charge in [0.25, 0.3) is 0 Å². The summed E-state index contributed by atoms with van der Waals surface area (Å²) in [6.45, 7) is 2.66. The summed E-state index contributed by atoms with van der Waals surface area (Å²) in [5.41, 5.74) is 2.39. The minimum atomic E-state index is -1.31. The number of fused-ring (bicyclic) bond motifs is 1. The highest BCUT2D eigenvalue weighted by Crippen LogP contribution is 2.38. The number of anilines is 2. The van der Waals surface area contributed by atoms with E-state index in [2.05, 4.69) is 9.97 Å². The van der Waals surface area contributed by atoms with Crippen LogP contribution in [0.15, 0.2) is 36.7 Å². The molecule has 6 heteroatoms. The van der Waals surface area contributed by atoms with Gasteiger partial charge in [-0.2, -0.15) is 0 Å². The molecule has 1 N–H and O–H groups in total. The van der Waals surface area contributed by atoms with E-state index >= 15 is 0 Å². The van der Waals surface area contributed by atoms with Crippen LogP contribution >= 0.6 is 0 Å². The maximum Gasteiger partial charge on any atom is 0.339 e. The maximum absolute atomic E-state index is 11.9. The smallest absolute Gasteiger partial charge is 0.339 e. The van der Waals surface area contributed by atoms with Crippen LogP contribution in [0.25, 0.3) is 0 Å². The van der Waals surface area contributed by atoms with E-state index in [1.54, 1.807) is 31.5 Å². The van der Waals surface area contributed by atoms with Crippen LogP contribution in [0.1, 0.15) is 24.2 Å². The molecular weight excluding hydrogens is 282 g/mol.